The first-order valence-corrected chi connectivity index (χ1v) is 5.97. The molecule has 15 heavy (non-hydrogen) atoms. The highest BCUT2D eigenvalue weighted by Gasteiger charge is 2.10. The lowest BCUT2D eigenvalue weighted by molar-refractivity contribution is 0.727. The Morgan fingerprint density at radius 1 is 1.27 bits per heavy atom. The van der Waals surface area contributed by atoms with Gasteiger partial charge in [0.25, 0.3) is 0 Å². The van der Waals surface area contributed by atoms with Crippen molar-refractivity contribution in [2.24, 2.45) is 0 Å². The summed E-state index contributed by atoms with van der Waals surface area (Å²) in [7, 11) is 0. The Balaban J connectivity index is 2.28. The molecule has 0 aliphatic heterocycles. The molecule has 0 bridgehead atoms. The highest BCUT2D eigenvalue weighted by Crippen LogP contribution is 2.24. The third-order valence-corrected chi connectivity index (χ3v) is 3.45. The van der Waals surface area contributed by atoms with Crippen LogP contribution in [0.3, 0.4) is 0 Å². The van der Waals surface area contributed by atoms with Gasteiger partial charge in [-0.25, -0.2) is 4.98 Å². The van der Waals surface area contributed by atoms with Crippen molar-refractivity contribution in [2.75, 3.05) is 0 Å². The Labute approximate surface area is 94.2 Å². The second kappa shape index (κ2) is 4.53. The zero-order valence-corrected chi connectivity index (χ0v) is 9.79. The Morgan fingerprint density at radius 2 is 2.00 bits per heavy atom. The van der Waals surface area contributed by atoms with Crippen molar-refractivity contribution in [1.29, 1.82) is 0 Å². The molecule has 2 nitrogen and oxygen atoms in total. The highest BCUT2D eigenvalue weighted by molar-refractivity contribution is 7.05. The molecule has 2 aromatic rings. The van der Waals surface area contributed by atoms with Crippen LogP contribution in [0.5, 0.6) is 0 Å². The van der Waals surface area contributed by atoms with Crippen LogP contribution >= 0.6 is 11.5 Å². The number of benzene rings is 1. The topological polar surface area (TPSA) is 25.8 Å². The molecule has 78 valence electrons. The standard InChI is InChI=1S/C12H14N2S/c1-3-9(2)12-13-11(14-15-12)10-7-5-4-6-8-10/h4-9H,3H2,1-2H3. The van der Waals surface area contributed by atoms with Crippen LogP contribution in [0, 0.1) is 0 Å². The van der Waals surface area contributed by atoms with Crippen molar-refractivity contribution < 1.29 is 0 Å². The van der Waals surface area contributed by atoms with Crippen molar-refractivity contribution in [1.82, 2.24) is 9.36 Å². The van der Waals surface area contributed by atoms with Gasteiger partial charge in [0, 0.05) is 11.5 Å². The van der Waals surface area contributed by atoms with Gasteiger partial charge in [0.15, 0.2) is 5.82 Å². The first-order valence-electron chi connectivity index (χ1n) is 5.20. The van der Waals surface area contributed by atoms with Crippen LogP contribution in [-0.4, -0.2) is 9.36 Å². The van der Waals surface area contributed by atoms with Crippen molar-refractivity contribution in [3.8, 4) is 11.4 Å². The maximum absolute atomic E-state index is 4.56. The summed E-state index contributed by atoms with van der Waals surface area (Å²) >= 11 is 1.52. The fourth-order valence-corrected chi connectivity index (χ4v) is 2.11. The molecule has 0 amide bonds. The molecule has 0 aliphatic carbocycles. The molecule has 3 heteroatoms. The quantitative estimate of drug-likeness (QED) is 0.784. The molecular weight excluding hydrogens is 204 g/mol. The maximum Gasteiger partial charge on any atom is 0.173 e. The number of hydrogen-bond donors (Lipinski definition) is 0. The Morgan fingerprint density at radius 3 is 2.67 bits per heavy atom. The number of hydrogen-bond acceptors (Lipinski definition) is 3. The van der Waals surface area contributed by atoms with E-state index in [0.717, 1.165) is 22.8 Å². The van der Waals surface area contributed by atoms with E-state index in [0.29, 0.717) is 5.92 Å². The Bertz CT molecular complexity index is 422. The number of nitrogens with zero attached hydrogens (tertiary/aromatic N) is 2. The van der Waals surface area contributed by atoms with Crippen LogP contribution < -0.4 is 0 Å². The number of rotatable bonds is 3. The molecule has 1 atom stereocenters. The summed E-state index contributed by atoms with van der Waals surface area (Å²) in [5.74, 6) is 1.37. The molecule has 1 aromatic carbocycles. The summed E-state index contributed by atoms with van der Waals surface area (Å²) in [5, 5.41) is 1.14. The number of aromatic nitrogens is 2. The minimum atomic E-state index is 0.514. The van der Waals surface area contributed by atoms with Crippen LogP contribution in [0.1, 0.15) is 31.2 Å². The van der Waals surface area contributed by atoms with Gasteiger partial charge in [0.2, 0.25) is 0 Å². The third kappa shape index (κ3) is 2.23. The predicted molar refractivity (Wildman–Crippen MR) is 64.1 cm³/mol. The van der Waals surface area contributed by atoms with Gasteiger partial charge in [-0.15, -0.1) is 0 Å². The maximum atomic E-state index is 4.56. The van der Waals surface area contributed by atoms with Gasteiger partial charge in [-0.1, -0.05) is 44.2 Å². The molecule has 1 unspecified atom stereocenters. The summed E-state index contributed by atoms with van der Waals surface area (Å²) < 4.78 is 4.39. The van der Waals surface area contributed by atoms with E-state index in [2.05, 4.69) is 23.2 Å². The van der Waals surface area contributed by atoms with Crippen molar-refractivity contribution in [3.63, 3.8) is 0 Å². The van der Waals surface area contributed by atoms with Gasteiger partial charge in [-0.05, 0) is 18.0 Å². The third-order valence-electron chi connectivity index (χ3n) is 2.51. The smallest absolute Gasteiger partial charge is 0.173 e. The molecule has 0 saturated carbocycles. The molecule has 0 aliphatic rings. The fraction of sp³-hybridized carbons (Fsp3) is 0.333. The van der Waals surface area contributed by atoms with E-state index in [4.69, 9.17) is 0 Å². The van der Waals surface area contributed by atoms with E-state index in [1.807, 2.05) is 30.3 Å². The van der Waals surface area contributed by atoms with Crippen LogP contribution in [0.4, 0.5) is 0 Å². The summed E-state index contributed by atoms with van der Waals surface area (Å²) in [4.78, 5) is 4.56. The van der Waals surface area contributed by atoms with Crippen LogP contribution in [-0.2, 0) is 0 Å². The average Bonchev–Trinajstić information content (AvgIpc) is 2.78. The first-order chi connectivity index (χ1) is 7.31. The van der Waals surface area contributed by atoms with Crippen LogP contribution in [0.25, 0.3) is 11.4 Å². The van der Waals surface area contributed by atoms with Crippen molar-refractivity contribution in [2.45, 2.75) is 26.2 Å². The second-order valence-electron chi connectivity index (χ2n) is 3.63. The zero-order valence-electron chi connectivity index (χ0n) is 8.97. The van der Waals surface area contributed by atoms with E-state index in [1.165, 1.54) is 11.5 Å². The lowest BCUT2D eigenvalue weighted by atomic mass is 10.1. The summed E-state index contributed by atoms with van der Waals surface area (Å²) in [6.45, 7) is 4.36. The molecule has 1 heterocycles. The normalized spacial score (nSPS) is 12.7. The van der Waals surface area contributed by atoms with Gasteiger partial charge < -0.3 is 0 Å². The van der Waals surface area contributed by atoms with Gasteiger partial charge >= 0.3 is 0 Å². The minimum absolute atomic E-state index is 0.514. The van der Waals surface area contributed by atoms with E-state index >= 15 is 0 Å². The van der Waals surface area contributed by atoms with E-state index in [-0.39, 0.29) is 0 Å². The first kappa shape index (κ1) is 10.3. The summed E-state index contributed by atoms with van der Waals surface area (Å²) in [6.07, 6.45) is 1.11. The minimum Gasteiger partial charge on any atom is -0.219 e. The van der Waals surface area contributed by atoms with Gasteiger partial charge in [0.1, 0.15) is 5.01 Å². The SMILES string of the molecule is CCC(C)c1nc(-c2ccccc2)ns1. The molecule has 0 N–H and O–H groups in total. The van der Waals surface area contributed by atoms with E-state index in [9.17, 15) is 0 Å². The molecule has 1 aromatic heterocycles. The molecule has 0 saturated heterocycles. The van der Waals surface area contributed by atoms with Crippen LogP contribution in [0.2, 0.25) is 0 Å². The Kier molecular flexibility index (Phi) is 3.11. The zero-order chi connectivity index (χ0) is 10.7. The summed E-state index contributed by atoms with van der Waals surface area (Å²) in [5.41, 5.74) is 1.10. The largest absolute Gasteiger partial charge is 0.219 e. The van der Waals surface area contributed by atoms with Crippen molar-refractivity contribution >= 4 is 11.5 Å². The van der Waals surface area contributed by atoms with Gasteiger partial charge in [-0.2, -0.15) is 4.37 Å². The van der Waals surface area contributed by atoms with Gasteiger partial charge in [-0.3, -0.25) is 0 Å². The molecule has 2 rings (SSSR count). The van der Waals surface area contributed by atoms with E-state index in [1.54, 1.807) is 0 Å². The fourth-order valence-electron chi connectivity index (χ4n) is 1.31. The molecule has 0 spiro atoms. The van der Waals surface area contributed by atoms with Crippen molar-refractivity contribution in [3.05, 3.63) is 35.3 Å². The lowest BCUT2D eigenvalue weighted by Crippen LogP contribution is -1.89. The Hall–Kier alpha value is -1.22. The van der Waals surface area contributed by atoms with Crippen LogP contribution in [0.15, 0.2) is 30.3 Å². The van der Waals surface area contributed by atoms with E-state index < -0.39 is 0 Å². The lowest BCUT2D eigenvalue weighted by Gasteiger charge is -2.00. The monoisotopic (exact) mass is 218 g/mol. The summed E-state index contributed by atoms with van der Waals surface area (Å²) in [6, 6.07) is 10.1. The molecule has 0 radical (unpaired) electrons. The predicted octanol–water partition coefficient (Wildman–Crippen LogP) is 3.72. The molecule has 0 fully saturated rings. The highest BCUT2D eigenvalue weighted by atomic mass is 32.1. The average molecular weight is 218 g/mol. The van der Waals surface area contributed by atoms with Gasteiger partial charge in [0.05, 0.1) is 0 Å². The second-order valence-corrected chi connectivity index (χ2v) is 4.41. The molecular formula is C12H14N2S.